The number of aromatic amines is 1. The average molecular weight is 328 g/mol. The molecule has 0 fully saturated rings. The van der Waals surface area contributed by atoms with Gasteiger partial charge in [-0.1, -0.05) is 29.8 Å². The minimum atomic E-state index is -0.160. The van der Waals surface area contributed by atoms with Gasteiger partial charge in [0.2, 0.25) is 5.91 Å². The average Bonchev–Trinajstić information content (AvgIpc) is 3.17. The van der Waals surface area contributed by atoms with Crippen molar-refractivity contribution in [2.24, 2.45) is 0 Å². The van der Waals surface area contributed by atoms with Crippen molar-refractivity contribution in [1.29, 1.82) is 0 Å². The van der Waals surface area contributed by atoms with Gasteiger partial charge in [-0.05, 0) is 31.3 Å². The van der Waals surface area contributed by atoms with Crippen molar-refractivity contribution in [3.05, 3.63) is 58.8 Å². The van der Waals surface area contributed by atoms with Crippen molar-refractivity contribution < 1.29 is 9.21 Å². The van der Waals surface area contributed by atoms with Crippen molar-refractivity contribution in [2.75, 3.05) is 0 Å². The number of furan rings is 1. The molecule has 0 atom stereocenters. The van der Waals surface area contributed by atoms with Gasteiger partial charge in [-0.25, -0.2) is 0 Å². The Labute approximate surface area is 138 Å². The van der Waals surface area contributed by atoms with Gasteiger partial charge in [0, 0.05) is 5.56 Å². The largest absolute Gasteiger partial charge is 0.467 e. The van der Waals surface area contributed by atoms with Crippen molar-refractivity contribution >= 4 is 18.1 Å². The van der Waals surface area contributed by atoms with E-state index >= 15 is 0 Å². The molecule has 0 aliphatic heterocycles. The van der Waals surface area contributed by atoms with E-state index < -0.39 is 0 Å². The van der Waals surface area contributed by atoms with Gasteiger partial charge in [-0.15, -0.1) is 0 Å². The van der Waals surface area contributed by atoms with Gasteiger partial charge in [-0.2, -0.15) is 5.10 Å². The first-order valence-corrected chi connectivity index (χ1v) is 7.55. The summed E-state index contributed by atoms with van der Waals surface area (Å²) in [6.07, 6.45) is 1.57. The molecule has 0 saturated carbocycles. The van der Waals surface area contributed by atoms with E-state index in [1.54, 1.807) is 16.9 Å². The van der Waals surface area contributed by atoms with Crippen LogP contribution in [-0.4, -0.2) is 20.7 Å². The van der Waals surface area contributed by atoms with E-state index in [1.165, 1.54) is 0 Å². The van der Waals surface area contributed by atoms with Crippen LogP contribution in [0.3, 0.4) is 0 Å². The van der Waals surface area contributed by atoms with Gasteiger partial charge in [-0.3, -0.25) is 14.5 Å². The highest BCUT2D eigenvalue weighted by molar-refractivity contribution is 7.71. The summed E-state index contributed by atoms with van der Waals surface area (Å²) in [5, 5.41) is 9.77. The molecular weight excluding hydrogens is 312 g/mol. The van der Waals surface area contributed by atoms with Crippen LogP contribution in [0.2, 0.25) is 0 Å². The normalized spacial score (nSPS) is 10.7. The smallest absolute Gasteiger partial charge is 0.240 e. The molecule has 3 rings (SSSR count). The summed E-state index contributed by atoms with van der Waals surface area (Å²) >= 11 is 5.23. The van der Waals surface area contributed by atoms with Gasteiger partial charge in [0.05, 0.1) is 12.8 Å². The lowest BCUT2D eigenvalue weighted by molar-refractivity contribution is -0.121. The molecule has 6 nitrogen and oxygen atoms in total. The molecule has 7 heteroatoms. The number of carbonyl (C=O) groups excluding carboxylic acids is 1. The molecule has 1 aromatic carbocycles. The second-order valence-electron chi connectivity index (χ2n) is 5.16. The number of rotatable bonds is 5. The number of carbonyl (C=O) groups is 1. The quantitative estimate of drug-likeness (QED) is 0.706. The zero-order valence-electron chi connectivity index (χ0n) is 12.6. The third kappa shape index (κ3) is 3.57. The highest BCUT2D eigenvalue weighted by atomic mass is 32.1. The number of hydrogen-bond donors (Lipinski definition) is 2. The molecule has 0 unspecified atom stereocenters. The molecule has 2 heterocycles. The van der Waals surface area contributed by atoms with E-state index in [1.807, 2.05) is 37.3 Å². The fraction of sp³-hybridized carbons (Fsp3) is 0.188. The number of nitrogens with one attached hydrogen (secondary N) is 2. The Bertz CT molecular complexity index is 847. The Hall–Kier alpha value is -2.67. The van der Waals surface area contributed by atoms with Crippen LogP contribution in [0.1, 0.15) is 11.3 Å². The third-order valence-corrected chi connectivity index (χ3v) is 3.72. The molecule has 2 aromatic heterocycles. The molecule has 0 radical (unpaired) electrons. The van der Waals surface area contributed by atoms with Gasteiger partial charge < -0.3 is 9.73 Å². The van der Waals surface area contributed by atoms with Crippen LogP contribution in [0.25, 0.3) is 11.4 Å². The molecule has 3 aromatic rings. The van der Waals surface area contributed by atoms with E-state index in [9.17, 15) is 4.79 Å². The number of H-pyrrole nitrogens is 1. The zero-order valence-corrected chi connectivity index (χ0v) is 13.4. The standard InChI is InChI=1S/C16H16N4O2S/c1-11-4-6-12(7-5-11)15-18-19-16(23)20(15)10-14(21)17-9-13-3-2-8-22-13/h2-8H,9-10H2,1H3,(H,17,21)(H,19,23). The second kappa shape index (κ2) is 6.62. The minimum Gasteiger partial charge on any atom is -0.467 e. The maximum atomic E-state index is 12.1. The molecule has 0 aliphatic rings. The van der Waals surface area contributed by atoms with Crippen LogP contribution in [0.4, 0.5) is 0 Å². The lowest BCUT2D eigenvalue weighted by Crippen LogP contribution is -2.27. The van der Waals surface area contributed by atoms with E-state index in [-0.39, 0.29) is 12.5 Å². The summed E-state index contributed by atoms with van der Waals surface area (Å²) in [6.45, 7) is 2.46. The van der Waals surface area contributed by atoms with Crippen molar-refractivity contribution in [1.82, 2.24) is 20.1 Å². The second-order valence-corrected chi connectivity index (χ2v) is 5.55. The first-order valence-electron chi connectivity index (χ1n) is 7.15. The predicted molar refractivity (Wildman–Crippen MR) is 88.1 cm³/mol. The molecule has 23 heavy (non-hydrogen) atoms. The summed E-state index contributed by atoms with van der Waals surface area (Å²) in [7, 11) is 0. The molecule has 0 saturated heterocycles. The molecule has 1 amide bonds. The van der Waals surface area contributed by atoms with Crippen LogP contribution >= 0.6 is 12.2 Å². The molecular formula is C16H16N4O2S. The molecule has 0 spiro atoms. The molecule has 2 N–H and O–H groups in total. The SMILES string of the molecule is Cc1ccc(-c2n[nH]c(=S)n2CC(=O)NCc2ccco2)cc1. The Morgan fingerprint density at radius 1 is 1.35 bits per heavy atom. The first kappa shape index (κ1) is 15.2. The minimum absolute atomic E-state index is 0.0965. The van der Waals surface area contributed by atoms with Gasteiger partial charge in [0.25, 0.3) is 0 Å². The van der Waals surface area contributed by atoms with Crippen LogP contribution in [0.5, 0.6) is 0 Å². The van der Waals surface area contributed by atoms with Gasteiger partial charge in [0.15, 0.2) is 10.6 Å². The highest BCUT2D eigenvalue weighted by Crippen LogP contribution is 2.17. The predicted octanol–water partition coefficient (Wildman–Crippen LogP) is 2.83. The van der Waals surface area contributed by atoms with Gasteiger partial charge >= 0.3 is 0 Å². The zero-order chi connectivity index (χ0) is 16.2. The monoisotopic (exact) mass is 328 g/mol. The summed E-state index contributed by atoms with van der Waals surface area (Å²) in [6, 6.07) is 11.5. The van der Waals surface area contributed by atoms with E-state index in [2.05, 4.69) is 15.5 Å². The fourth-order valence-electron chi connectivity index (χ4n) is 2.19. The van der Waals surface area contributed by atoms with Crippen LogP contribution in [0.15, 0.2) is 47.1 Å². The van der Waals surface area contributed by atoms with Crippen molar-refractivity contribution in [3.8, 4) is 11.4 Å². The van der Waals surface area contributed by atoms with Crippen molar-refractivity contribution in [2.45, 2.75) is 20.0 Å². The van der Waals surface area contributed by atoms with E-state index in [4.69, 9.17) is 16.6 Å². The van der Waals surface area contributed by atoms with E-state index in [0.717, 1.165) is 11.1 Å². The Kier molecular flexibility index (Phi) is 4.38. The molecule has 0 bridgehead atoms. The topological polar surface area (TPSA) is 75.8 Å². The first-order chi connectivity index (χ1) is 11.1. The lowest BCUT2D eigenvalue weighted by atomic mass is 10.1. The number of aromatic nitrogens is 3. The Morgan fingerprint density at radius 2 is 2.13 bits per heavy atom. The maximum Gasteiger partial charge on any atom is 0.240 e. The van der Waals surface area contributed by atoms with Crippen LogP contribution < -0.4 is 5.32 Å². The molecule has 0 aliphatic carbocycles. The number of hydrogen-bond acceptors (Lipinski definition) is 4. The van der Waals surface area contributed by atoms with E-state index in [0.29, 0.717) is 22.9 Å². The number of benzene rings is 1. The van der Waals surface area contributed by atoms with Crippen LogP contribution in [-0.2, 0) is 17.9 Å². The summed E-state index contributed by atoms with van der Waals surface area (Å²) < 4.78 is 7.28. The number of amides is 1. The Balaban J connectivity index is 1.75. The van der Waals surface area contributed by atoms with Crippen molar-refractivity contribution in [3.63, 3.8) is 0 Å². The maximum absolute atomic E-state index is 12.1. The van der Waals surface area contributed by atoms with Crippen LogP contribution in [0, 0.1) is 11.7 Å². The number of aryl methyl sites for hydroxylation is 1. The summed E-state index contributed by atoms with van der Waals surface area (Å²) in [5.41, 5.74) is 2.06. The third-order valence-electron chi connectivity index (χ3n) is 3.41. The lowest BCUT2D eigenvalue weighted by Gasteiger charge is -2.07. The van der Waals surface area contributed by atoms with Gasteiger partial charge in [0.1, 0.15) is 12.3 Å². The Morgan fingerprint density at radius 3 is 2.83 bits per heavy atom. The fourth-order valence-corrected chi connectivity index (χ4v) is 2.38. The highest BCUT2D eigenvalue weighted by Gasteiger charge is 2.12. The summed E-state index contributed by atoms with van der Waals surface area (Å²) in [5.74, 6) is 1.18. The number of nitrogens with zero attached hydrogens (tertiary/aromatic N) is 2. The molecule has 118 valence electrons. The summed E-state index contributed by atoms with van der Waals surface area (Å²) in [4.78, 5) is 12.1.